The summed E-state index contributed by atoms with van der Waals surface area (Å²) in [6, 6.07) is 11.3. The Hall–Kier alpha value is -2.74. The third-order valence-corrected chi connectivity index (χ3v) is 3.92. The maximum Gasteiger partial charge on any atom is 0.220 e. The van der Waals surface area contributed by atoms with E-state index < -0.39 is 6.10 Å². The van der Waals surface area contributed by atoms with E-state index in [0.717, 1.165) is 22.6 Å². The molecular weight excluding hydrogens is 346 g/mol. The number of oxazole rings is 1. The van der Waals surface area contributed by atoms with Gasteiger partial charge in [0.15, 0.2) is 0 Å². The van der Waals surface area contributed by atoms with Gasteiger partial charge in [-0.2, -0.15) is 0 Å². The van der Waals surface area contributed by atoms with Gasteiger partial charge in [-0.25, -0.2) is 4.98 Å². The Labute approximate surface area is 158 Å². The van der Waals surface area contributed by atoms with E-state index in [1.165, 1.54) is 0 Å². The maximum absolute atomic E-state index is 10.0. The van der Waals surface area contributed by atoms with Crippen LogP contribution in [0.1, 0.15) is 17.6 Å². The number of ether oxygens (including phenoxy) is 2. The normalized spacial score (nSPS) is 12.1. The second-order valence-corrected chi connectivity index (χ2v) is 5.94. The SMILES string of the molecule is COCc1nc(-c2ccc(OCCNC[C@H](O)c3cccnc3)cc2)co1. The van der Waals surface area contributed by atoms with E-state index in [2.05, 4.69) is 15.3 Å². The molecule has 1 atom stereocenters. The third kappa shape index (κ3) is 5.62. The second kappa shape index (κ2) is 9.82. The van der Waals surface area contributed by atoms with Crippen LogP contribution in [-0.4, -0.2) is 41.9 Å². The molecule has 1 aromatic carbocycles. The number of hydrogen-bond donors (Lipinski definition) is 2. The number of rotatable bonds is 10. The average molecular weight is 369 g/mol. The van der Waals surface area contributed by atoms with E-state index in [4.69, 9.17) is 13.9 Å². The first kappa shape index (κ1) is 19.0. The number of nitrogens with one attached hydrogen (secondary N) is 1. The number of benzene rings is 1. The fourth-order valence-electron chi connectivity index (χ4n) is 2.53. The molecule has 27 heavy (non-hydrogen) atoms. The largest absolute Gasteiger partial charge is 0.492 e. The molecule has 0 amide bonds. The summed E-state index contributed by atoms with van der Waals surface area (Å²) in [6.45, 7) is 1.93. The van der Waals surface area contributed by atoms with Crippen LogP contribution in [0.2, 0.25) is 0 Å². The molecule has 0 bridgehead atoms. The fraction of sp³-hybridized carbons (Fsp3) is 0.300. The predicted molar refractivity (Wildman–Crippen MR) is 100 cm³/mol. The maximum atomic E-state index is 10.0. The highest BCUT2D eigenvalue weighted by Gasteiger charge is 2.07. The minimum absolute atomic E-state index is 0.351. The topological polar surface area (TPSA) is 89.6 Å². The highest BCUT2D eigenvalue weighted by atomic mass is 16.5. The first-order valence-corrected chi connectivity index (χ1v) is 8.71. The van der Waals surface area contributed by atoms with E-state index in [-0.39, 0.29) is 0 Å². The highest BCUT2D eigenvalue weighted by molar-refractivity contribution is 5.58. The summed E-state index contributed by atoms with van der Waals surface area (Å²) in [5.41, 5.74) is 2.51. The van der Waals surface area contributed by atoms with Gasteiger partial charge in [0.25, 0.3) is 0 Å². The molecule has 142 valence electrons. The van der Waals surface area contributed by atoms with Gasteiger partial charge in [-0.15, -0.1) is 0 Å². The monoisotopic (exact) mass is 369 g/mol. The Morgan fingerprint density at radius 1 is 1.22 bits per heavy atom. The van der Waals surface area contributed by atoms with E-state index in [1.54, 1.807) is 25.8 Å². The fourth-order valence-corrected chi connectivity index (χ4v) is 2.53. The van der Waals surface area contributed by atoms with Crippen molar-refractivity contribution in [3.8, 4) is 17.0 Å². The summed E-state index contributed by atoms with van der Waals surface area (Å²) < 4.78 is 16.0. The predicted octanol–water partition coefficient (Wildman–Crippen LogP) is 2.59. The molecule has 7 heteroatoms. The average Bonchev–Trinajstić information content (AvgIpc) is 3.18. The Kier molecular flexibility index (Phi) is 6.92. The van der Waals surface area contributed by atoms with Crippen LogP contribution in [0.5, 0.6) is 5.75 Å². The summed E-state index contributed by atoms with van der Waals surface area (Å²) in [5.74, 6) is 1.32. The van der Waals surface area contributed by atoms with Crippen LogP contribution < -0.4 is 10.1 Å². The molecule has 2 heterocycles. The number of methoxy groups -OCH3 is 1. The molecule has 0 saturated carbocycles. The van der Waals surface area contributed by atoms with Crippen LogP contribution >= 0.6 is 0 Å². The Morgan fingerprint density at radius 3 is 2.81 bits per heavy atom. The molecule has 7 nitrogen and oxygen atoms in total. The van der Waals surface area contributed by atoms with Crippen LogP contribution in [-0.2, 0) is 11.3 Å². The van der Waals surface area contributed by atoms with Crippen LogP contribution in [0.4, 0.5) is 0 Å². The highest BCUT2D eigenvalue weighted by Crippen LogP contribution is 2.22. The summed E-state index contributed by atoms with van der Waals surface area (Å²) in [5, 5.41) is 13.2. The van der Waals surface area contributed by atoms with Gasteiger partial charge in [0.2, 0.25) is 5.89 Å². The molecule has 0 radical (unpaired) electrons. The smallest absolute Gasteiger partial charge is 0.220 e. The first-order valence-electron chi connectivity index (χ1n) is 8.71. The Morgan fingerprint density at radius 2 is 2.07 bits per heavy atom. The number of aromatic nitrogens is 2. The van der Waals surface area contributed by atoms with E-state index in [9.17, 15) is 5.11 Å². The van der Waals surface area contributed by atoms with Crippen molar-refractivity contribution in [3.05, 3.63) is 66.5 Å². The minimum atomic E-state index is -0.580. The summed E-state index contributed by atoms with van der Waals surface area (Å²) >= 11 is 0. The molecular formula is C20H23N3O4. The Balaban J connectivity index is 1.40. The van der Waals surface area contributed by atoms with Crippen molar-refractivity contribution < 1.29 is 19.0 Å². The van der Waals surface area contributed by atoms with Crippen LogP contribution in [0.15, 0.2) is 59.5 Å². The molecule has 0 aliphatic heterocycles. The van der Waals surface area contributed by atoms with E-state index in [0.29, 0.717) is 32.2 Å². The summed E-state index contributed by atoms with van der Waals surface area (Å²) in [4.78, 5) is 8.36. The van der Waals surface area contributed by atoms with Crippen molar-refractivity contribution in [2.24, 2.45) is 0 Å². The van der Waals surface area contributed by atoms with Crippen molar-refractivity contribution in [3.63, 3.8) is 0 Å². The molecule has 0 fully saturated rings. The molecule has 0 unspecified atom stereocenters. The van der Waals surface area contributed by atoms with Gasteiger partial charge in [0, 0.05) is 43.7 Å². The molecule has 3 aromatic rings. The molecule has 0 spiro atoms. The van der Waals surface area contributed by atoms with Gasteiger partial charge in [-0.3, -0.25) is 4.98 Å². The van der Waals surface area contributed by atoms with Crippen LogP contribution in [0, 0.1) is 0 Å². The zero-order valence-electron chi connectivity index (χ0n) is 15.2. The minimum Gasteiger partial charge on any atom is -0.492 e. The van der Waals surface area contributed by atoms with Crippen molar-refractivity contribution >= 4 is 0 Å². The van der Waals surface area contributed by atoms with Crippen molar-refractivity contribution in [2.75, 3.05) is 26.8 Å². The molecule has 3 rings (SSSR count). The molecule has 2 N–H and O–H groups in total. The summed E-state index contributed by atoms with van der Waals surface area (Å²) in [6.07, 6.45) is 4.38. The van der Waals surface area contributed by atoms with Gasteiger partial charge >= 0.3 is 0 Å². The number of pyridine rings is 1. The zero-order chi connectivity index (χ0) is 18.9. The third-order valence-electron chi connectivity index (χ3n) is 3.92. The number of aliphatic hydroxyl groups is 1. The molecule has 2 aromatic heterocycles. The van der Waals surface area contributed by atoms with Crippen molar-refractivity contribution in [1.82, 2.24) is 15.3 Å². The van der Waals surface area contributed by atoms with Crippen LogP contribution in [0.25, 0.3) is 11.3 Å². The van der Waals surface area contributed by atoms with Crippen molar-refractivity contribution in [2.45, 2.75) is 12.7 Å². The van der Waals surface area contributed by atoms with Gasteiger partial charge < -0.3 is 24.3 Å². The molecule has 0 saturated heterocycles. The lowest BCUT2D eigenvalue weighted by molar-refractivity contribution is 0.159. The standard InChI is InChI=1S/C20H23N3O4/c1-25-14-20-23-18(13-27-20)15-4-6-17(7-5-15)26-10-9-22-12-19(24)16-3-2-8-21-11-16/h2-8,11,13,19,22,24H,9-10,12,14H2,1H3/t19-/m0/s1. The van der Waals surface area contributed by atoms with Gasteiger partial charge in [0.1, 0.15) is 30.9 Å². The number of nitrogens with zero attached hydrogens (tertiary/aromatic N) is 2. The van der Waals surface area contributed by atoms with E-state index >= 15 is 0 Å². The molecule has 0 aliphatic carbocycles. The summed E-state index contributed by atoms with van der Waals surface area (Å²) in [7, 11) is 1.60. The first-order chi connectivity index (χ1) is 13.3. The lowest BCUT2D eigenvalue weighted by atomic mass is 10.1. The Bertz CT molecular complexity index is 806. The lowest BCUT2D eigenvalue weighted by Gasteiger charge is -2.12. The number of hydrogen-bond acceptors (Lipinski definition) is 7. The molecule has 0 aliphatic rings. The van der Waals surface area contributed by atoms with E-state index in [1.807, 2.05) is 36.4 Å². The van der Waals surface area contributed by atoms with Crippen LogP contribution in [0.3, 0.4) is 0 Å². The number of aliphatic hydroxyl groups excluding tert-OH is 1. The zero-order valence-corrected chi connectivity index (χ0v) is 15.2. The van der Waals surface area contributed by atoms with Gasteiger partial charge in [-0.05, 0) is 30.3 Å². The second-order valence-electron chi connectivity index (χ2n) is 5.94. The lowest BCUT2D eigenvalue weighted by Crippen LogP contribution is -2.26. The van der Waals surface area contributed by atoms with Gasteiger partial charge in [-0.1, -0.05) is 6.07 Å². The van der Waals surface area contributed by atoms with Crippen molar-refractivity contribution in [1.29, 1.82) is 0 Å². The quantitative estimate of drug-likeness (QED) is 0.531. The van der Waals surface area contributed by atoms with Gasteiger partial charge in [0.05, 0.1) is 6.10 Å².